The molecule has 2 aliphatic rings. The van der Waals surface area contributed by atoms with Gasteiger partial charge in [0, 0.05) is 48.9 Å². The van der Waals surface area contributed by atoms with Gasteiger partial charge in [0.2, 0.25) is 0 Å². The SMILES string of the molecule is Cc1cc(C#CCN(N)/C=C(\N)C2CC2)cnc1/C(N)=C/NCC1CCCCO1. The summed E-state index contributed by atoms with van der Waals surface area (Å²) in [4.78, 5) is 4.48. The van der Waals surface area contributed by atoms with E-state index >= 15 is 0 Å². The van der Waals surface area contributed by atoms with E-state index in [-0.39, 0.29) is 6.10 Å². The summed E-state index contributed by atoms with van der Waals surface area (Å²) in [6.07, 6.45) is 11.3. The number of rotatable bonds is 7. The summed E-state index contributed by atoms with van der Waals surface area (Å²) in [5.41, 5.74) is 16.2. The number of hydrogen-bond acceptors (Lipinski definition) is 7. The summed E-state index contributed by atoms with van der Waals surface area (Å²) in [5.74, 6) is 12.6. The molecule has 0 aromatic carbocycles. The van der Waals surface area contributed by atoms with Crippen molar-refractivity contribution in [3.05, 3.63) is 47.2 Å². The molecule has 1 atom stereocenters. The second-order valence-electron chi connectivity index (χ2n) is 7.76. The topological polar surface area (TPSA) is 115 Å². The van der Waals surface area contributed by atoms with Gasteiger partial charge in [-0.3, -0.25) is 4.98 Å². The van der Waals surface area contributed by atoms with Crippen molar-refractivity contribution in [1.82, 2.24) is 15.3 Å². The zero-order chi connectivity index (χ0) is 20.6. The second-order valence-corrected chi connectivity index (χ2v) is 7.76. The van der Waals surface area contributed by atoms with Gasteiger partial charge in [0.05, 0.1) is 24.0 Å². The molecule has 1 saturated heterocycles. The standard InChI is InChI=1S/C22H32N6O/c1-16-11-17(5-4-9-28(25)15-21(24)18-7-8-18)12-27-22(16)20(23)14-26-13-19-6-2-3-10-29-19/h11-12,14-15,18-19,26H,2-3,6-10,13,23-25H2,1H3/b20-14-,21-15-. The van der Waals surface area contributed by atoms with E-state index in [0.717, 1.165) is 61.4 Å². The lowest BCUT2D eigenvalue weighted by atomic mass is 10.1. The number of nitrogens with one attached hydrogen (secondary N) is 1. The van der Waals surface area contributed by atoms with E-state index < -0.39 is 0 Å². The van der Waals surface area contributed by atoms with Gasteiger partial charge < -0.3 is 26.5 Å². The summed E-state index contributed by atoms with van der Waals surface area (Å²) in [5, 5.41) is 4.78. The van der Waals surface area contributed by atoms with Crippen LogP contribution in [0.1, 0.15) is 48.9 Å². The molecule has 0 amide bonds. The summed E-state index contributed by atoms with van der Waals surface area (Å²) in [6, 6.07) is 1.98. The molecule has 7 N–H and O–H groups in total. The lowest BCUT2D eigenvalue weighted by molar-refractivity contribution is 0.0188. The Kier molecular flexibility index (Phi) is 7.39. The highest BCUT2D eigenvalue weighted by Crippen LogP contribution is 2.33. The Balaban J connectivity index is 1.52. The fourth-order valence-corrected chi connectivity index (χ4v) is 3.27. The molecular formula is C22H32N6O. The molecule has 1 aromatic rings. The van der Waals surface area contributed by atoms with Crippen LogP contribution in [0.5, 0.6) is 0 Å². The average molecular weight is 397 g/mol. The largest absolute Gasteiger partial charge is 0.401 e. The molecule has 2 fully saturated rings. The molecule has 0 spiro atoms. The van der Waals surface area contributed by atoms with Crippen molar-refractivity contribution in [3.63, 3.8) is 0 Å². The van der Waals surface area contributed by atoms with Gasteiger partial charge in [0.1, 0.15) is 0 Å². The number of hydrazine groups is 1. The van der Waals surface area contributed by atoms with Crippen LogP contribution in [0.3, 0.4) is 0 Å². The summed E-state index contributed by atoms with van der Waals surface area (Å²) in [6.45, 7) is 4.00. The number of aryl methyl sites for hydroxylation is 1. The predicted molar refractivity (Wildman–Crippen MR) is 115 cm³/mol. The van der Waals surface area contributed by atoms with Gasteiger partial charge in [-0.15, -0.1) is 0 Å². The van der Waals surface area contributed by atoms with Crippen LogP contribution in [-0.2, 0) is 4.74 Å². The first-order valence-electron chi connectivity index (χ1n) is 10.3. The molecule has 3 rings (SSSR count). The first kappa shape index (κ1) is 21.0. The third-order valence-electron chi connectivity index (χ3n) is 5.09. The molecule has 7 nitrogen and oxygen atoms in total. The fraction of sp³-hybridized carbons (Fsp3) is 0.500. The molecule has 1 aliphatic carbocycles. The Labute approximate surface area is 173 Å². The lowest BCUT2D eigenvalue weighted by Gasteiger charge is -2.22. The highest BCUT2D eigenvalue weighted by molar-refractivity contribution is 5.62. The van der Waals surface area contributed by atoms with Gasteiger partial charge in [-0.2, -0.15) is 0 Å². The normalized spacial score (nSPS) is 20.0. The van der Waals surface area contributed by atoms with Crippen LogP contribution in [0.4, 0.5) is 0 Å². The number of hydrogen-bond donors (Lipinski definition) is 4. The third kappa shape index (κ3) is 6.70. The fourth-order valence-electron chi connectivity index (χ4n) is 3.27. The quantitative estimate of drug-likeness (QED) is 0.314. The number of nitrogens with zero attached hydrogens (tertiary/aromatic N) is 2. The van der Waals surface area contributed by atoms with E-state index in [1.807, 2.05) is 19.2 Å². The molecule has 2 heterocycles. The van der Waals surface area contributed by atoms with E-state index in [1.165, 1.54) is 11.4 Å². The van der Waals surface area contributed by atoms with Crippen LogP contribution < -0.4 is 22.6 Å². The number of nitrogens with two attached hydrogens (primary N) is 3. The van der Waals surface area contributed by atoms with E-state index in [2.05, 4.69) is 22.1 Å². The first-order valence-corrected chi connectivity index (χ1v) is 10.3. The van der Waals surface area contributed by atoms with Gasteiger partial charge in [0.15, 0.2) is 0 Å². The molecule has 1 aliphatic heterocycles. The van der Waals surface area contributed by atoms with Crippen molar-refractivity contribution in [2.45, 2.75) is 45.1 Å². The molecular weight excluding hydrogens is 364 g/mol. The van der Waals surface area contributed by atoms with Crippen molar-refractivity contribution < 1.29 is 4.74 Å². The van der Waals surface area contributed by atoms with Crippen LogP contribution in [0.15, 0.2) is 30.4 Å². The Morgan fingerprint density at radius 2 is 2.17 bits per heavy atom. The molecule has 1 aromatic heterocycles. The van der Waals surface area contributed by atoms with Crippen molar-refractivity contribution in [1.29, 1.82) is 0 Å². The molecule has 1 unspecified atom stereocenters. The summed E-state index contributed by atoms with van der Waals surface area (Å²) in [7, 11) is 0. The monoisotopic (exact) mass is 396 g/mol. The number of pyridine rings is 1. The molecule has 156 valence electrons. The third-order valence-corrected chi connectivity index (χ3v) is 5.09. The van der Waals surface area contributed by atoms with E-state index in [4.69, 9.17) is 22.0 Å². The van der Waals surface area contributed by atoms with Crippen LogP contribution in [0.2, 0.25) is 0 Å². The molecule has 0 radical (unpaired) electrons. The molecule has 1 saturated carbocycles. The Morgan fingerprint density at radius 1 is 1.34 bits per heavy atom. The highest BCUT2D eigenvalue weighted by Gasteiger charge is 2.24. The van der Waals surface area contributed by atoms with E-state index in [0.29, 0.717) is 18.2 Å². The van der Waals surface area contributed by atoms with E-state index in [9.17, 15) is 0 Å². The minimum Gasteiger partial charge on any atom is -0.401 e. The average Bonchev–Trinajstić information content (AvgIpc) is 3.54. The summed E-state index contributed by atoms with van der Waals surface area (Å²) < 4.78 is 5.71. The maximum atomic E-state index is 6.19. The van der Waals surface area contributed by atoms with Gasteiger partial charge in [-0.25, -0.2) is 5.84 Å². The van der Waals surface area contributed by atoms with Crippen LogP contribution in [0.25, 0.3) is 5.70 Å². The van der Waals surface area contributed by atoms with Crippen LogP contribution >= 0.6 is 0 Å². The zero-order valence-electron chi connectivity index (χ0n) is 17.2. The van der Waals surface area contributed by atoms with Gasteiger partial charge >= 0.3 is 0 Å². The van der Waals surface area contributed by atoms with Crippen molar-refractivity contribution >= 4 is 5.70 Å². The maximum absolute atomic E-state index is 6.19. The Hall–Kier alpha value is -2.69. The minimum atomic E-state index is 0.260. The Bertz CT molecular complexity index is 812. The second kappa shape index (κ2) is 10.2. The summed E-state index contributed by atoms with van der Waals surface area (Å²) >= 11 is 0. The van der Waals surface area contributed by atoms with Gasteiger partial charge in [-0.05, 0) is 50.7 Å². The smallest absolute Gasteiger partial charge is 0.0947 e. The molecule has 7 heteroatoms. The minimum absolute atomic E-state index is 0.260. The number of allylic oxidation sites excluding steroid dienone is 1. The van der Waals surface area contributed by atoms with Gasteiger partial charge in [0.25, 0.3) is 0 Å². The molecule has 29 heavy (non-hydrogen) atoms. The lowest BCUT2D eigenvalue weighted by Crippen LogP contribution is -2.29. The van der Waals surface area contributed by atoms with Crippen molar-refractivity contribution in [2.75, 3.05) is 19.7 Å². The number of aromatic nitrogens is 1. The number of ether oxygens (including phenoxy) is 1. The van der Waals surface area contributed by atoms with Crippen LogP contribution in [0, 0.1) is 24.7 Å². The highest BCUT2D eigenvalue weighted by atomic mass is 16.5. The molecule has 0 bridgehead atoms. The van der Waals surface area contributed by atoms with Crippen molar-refractivity contribution in [2.24, 2.45) is 23.2 Å². The Morgan fingerprint density at radius 3 is 2.86 bits per heavy atom. The van der Waals surface area contributed by atoms with Crippen molar-refractivity contribution in [3.8, 4) is 11.8 Å². The zero-order valence-corrected chi connectivity index (χ0v) is 17.2. The van der Waals surface area contributed by atoms with E-state index in [1.54, 1.807) is 12.4 Å². The predicted octanol–water partition coefficient (Wildman–Crippen LogP) is 1.54. The van der Waals surface area contributed by atoms with Crippen LogP contribution in [-0.4, -0.2) is 35.8 Å². The van der Waals surface area contributed by atoms with Gasteiger partial charge in [-0.1, -0.05) is 11.8 Å². The first-order chi connectivity index (χ1) is 14.0. The maximum Gasteiger partial charge on any atom is 0.0947 e.